The minimum absolute atomic E-state index is 0.0968. The normalized spacial score (nSPS) is 10.6. The molecule has 0 bridgehead atoms. The summed E-state index contributed by atoms with van der Waals surface area (Å²) in [7, 11) is 1.31. The molecule has 0 saturated heterocycles. The number of ether oxygens (including phenoxy) is 1. The highest BCUT2D eigenvalue weighted by Crippen LogP contribution is 2.29. The van der Waals surface area contributed by atoms with Crippen LogP contribution in [0.1, 0.15) is 35.9 Å². The third kappa shape index (κ3) is 2.64. The van der Waals surface area contributed by atoms with Gasteiger partial charge in [-0.3, -0.25) is 0 Å². The zero-order valence-electron chi connectivity index (χ0n) is 11.7. The summed E-state index contributed by atoms with van der Waals surface area (Å²) < 4.78 is 10.0. The number of carbonyl (C=O) groups excluding carboxylic acids is 1. The molecule has 0 aliphatic carbocycles. The average Bonchev–Trinajstić information content (AvgIpc) is 2.46. The van der Waals surface area contributed by atoms with E-state index in [-0.39, 0.29) is 5.92 Å². The van der Waals surface area contributed by atoms with Crippen molar-refractivity contribution < 1.29 is 13.9 Å². The van der Waals surface area contributed by atoms with Crippen molar-refractivity contribution in [3.05, 3.63) is 58.1 Å². The predicted molar refractivity (Wildman–Crippen MR) is 75.8 cm³/mol. The lowest BCUT2D eigenvalue weighted by atomic mass is 9.96. The van der Waals surface area contributed by atoms with Gasteiger partial charge >= 0.3 is 11.6 Å². The largest absolute Gasteiger partial charge is 0.465 e. The highest BCUT2D eigenvalue weighted by molar-refractivity contribution is 5.98. The van der Waals surface area contributed by atoms with Crippen molar-refractivity contribution in [1.82, 2.24) is 0 Å². The Morgan fingerprint density at radius 3 is 2.40 bits per heavy atom. The first-order chi connectivity index (χ1) is 9.54. The maximum Gasteiger partial charge on any atom is 0.341 e. The minimum Gasteiger partial charge on any atom is -0.465 e. The molecule has 2 aromatic rings. The number of methoxy groups -OCH3 is 1. The highest BCUT2D eigenvalue weighted by atomic mass is 16.5. The molecule has 0 spiro atoms. The van der Waals surface area contributed by atoms with Crippen molar-refractivity contribution in [2.24, 2.45) is 0 Å². The lowest BCUT2D eigenvalue weighted by Gasteiger charge is -2.13. The van der Waals surface area contributed by atoms with E-state index in [1.54, 1.807) is 0 Å². The molecule has 1 aromatic carbocycles. The highest BCUT2D eigenvalue weighted by Gasteiger charge is 2.23. The molecule has 0 saturated carbocycles. The van der Waals surface area contributed by atoms with Gasteiger partial charge in [0.2, 0.25) is 0 Å². The molecule has 0 amide bonds. The van der Waals surface area contributed by atoms with E-state index in [9.17, 15) is 9.59 Å². The Morgan fingerprint density at radius 1 is 1.20 bits per heavy atom. The van der Waals surface area contributed by atoms with Crippen LogP contribution in [-0.2, 0) is 4.74 Å². The van der Waals surface area contributed by atoms with Crippen LogP contribution in [0.15, 0.2) is 45.6 Å². The summed E-state index contributed by atoms with van der Waals surface area (Å²) in [5.41, 5.74) is 1.16. The zero-order chi connectivity index (χ0) is 14.7. The van der Waals surface area contributed by atoms with Gasteiger partial charge in [-0.05, 0) is 5.56 Å². The van der Waals surface area contributed by atoms with Crippen molar-refractivity contribution in [2.75, 3.05) is 7.11 Å². The molecule has 2 rings (SSSR count). The Kier molecular flexibility index (Phi) is 4.03. The molecule has 0 aliphatic rings. The van der Waals surface area contributed by atoms with Crippen molar-refractivity contribution in [3.63, 3.8) is 0 Å². The first-order valence-electron chi connectivity index (χ1n) is 6.36. The van der Waals surface area contributed by atoms with Crippen LogP contribution >= 0.6 is 0 Å². The summed E-state index contributed by atoms with van der Waals surface area (Å²) in [5.74, 6) is -0.250. The minimum atomic E-state index is -0.503. The van der Waals surface area contributed by atoms with E-state index in [4.69, 9.17) is 9.15 Å². The Balaban J connectivity index is 2.79. The molecule has 1 aromatic heterocycles. The van der Waals surface area contributed by atoms with Crippen molar-refractivity contribution in [1.29, 1.82) is 0 Å². The second-order valence-electron chi connectivity index (χ2n) is 4.73. The van der Waals surface area contributed by atoms with Gasteiger partial charge in [-0.1, -0.05) is 44.2 Å². The van der Waals surface area contributed by atoms with Crippen LogP contribution in [0.3, 0.4) is 0 Å². The van der Waals surface area contributed by atoms with Gasteiger partial charge in [0, 0.05) is 17.5 Å². The van der Waals surface area contributed by atoms with Gasteiger partial charge in [-0.15, -0.1) is 0 Å². The van der Waals surface area contributed by atoms with Crippen LogP contribution in [0.25, 0.3) is 11.1 Å². The summed E-state index contributed by atoms with van der Waals surface area (Å²) in [6, 6.07) is 10.6. The monoisotopic (exact) mass is 272 g/mol. The van der Waals surface area contributed by atoms with E-state index >= 15 is 0 Å². The molecular formula is C16H16O4. The Hall–Kier alpha value is -2.36. The number of esters is 1. The Bertz CT molecular complexity index is 669. The lowest BCUT2D eigenvalue weighted by Crippen LogP contribution is -2.14. The first kappa shape index (κ1) is 14.1. The lowest BCUT2D eigenvalue weighted by molar-refractivity contribution is 0.0595. The third-order valence-electron chi connectivity index (χ3n) is 2.99. The molecule has 0 radical (unpaired) electrons. The summed E-state index contributed by atoms with van der Waals surface area (Å²) in [6.07, 6.45) is 0. The summed E-state index contributed by atoms with van der Waals surface area (Å²) in [5, 5.41) is 0. The van der Waals surface area contributed by atoms with Gasteiger partial charge in [0.1, 0.15) is 11.3 Å². The number of hydrogen-bond donors (Lipinski definition) is 0. The second-order valence-corrected chi connectivity index (χ2v) is 4.73. The van der Waals surface area contributed by atoms with Crippen molar-refractivity contribution in [3.8, 4) is 11.1 Å². The zero-order valence-corrected chi connectivity index (χ0v) is 11.7. The van der Waals surface area contributed by atoms with Gasteiger partial charge in [-0.2, -0.15) is 0 Å². The molecule has 0 N–H and O–H groups in total. The molecule has 4 nitrogen and oxygen atoms in total. The van der Waals surface area contributed by atoms with Crippen LogP contribution in [0.4, 0.5) is 0 Å². The maximum atomic E-state index is 12.1. The molecule has 0 atom stereocenters. The van der Waals surface area contributed by atoms with Crippen molar-refractivity contribution in [2.45, 2.75) is 19.8 Å². The van der Waals surface area contributed by atoms with Crippen LogP contribution in [0.2, 0.25) is 0 Å². The number of rotatable bonds is 3. The van der Waals surface area contributed by atoms with Crippen molar-refractivity contribution >= 4 is 5.97 Å². The van der Waals surface area contributed by atoms with E-state index in [0.29, 0.717) is 16.9 Å². The van der Waals surface area contributed by atoms with E-state index in [1.807, 2.05) is 44.2 Å². The fourth-order valence-corrected chi connectivity index (χ4v) is 2.08. The first-order valence-corrected chi connectivity index (χ1v) is 6.36. The molecule has 20 heavy (non-hydrogen) atoms. The molecule has 4 heteroatoms. The fraction of sp³-hybridized carbons (Fsp3) is 0.250. The van der Waals surface area contributed by atoms with Crippen LogP contribution < -0.4 is 5.63 Å². The standard InChI is InChI=1S/C16H16O4/c1-10(2)15-14(16(18)19-3)12(9-13(17)20-15)11-7-5-4-6-8-11/h4-10H,1-3H3. The smallest absolute Gasteiger partial charge is 0.341 e. The third-order valence-corrected chi connectivity index (χ3v) is 2.99. The fourth-order valence-electron chi connectivity index (χ4n) is 2.08. The molecule has 0 aliphatic heterocycles. The van der Waals surface area contributed by atoms with E-state index in [2.05, 4.69) is 0 Å². The Labute approximate surface area is 117 Å². The number of hydrogen-bond acceptors (Lipinski definition) is 4. The van der Waals surface area contributed by atoms with Gasteiger partial charge < -0.3 is 9.15 Å². The SMILES string of the molecule is COC(=O)c1c(-c2ccccc2)cc(=O)oc1C(C)C. The van der Waals surface area contributed by atoms with Gasteiger partial charge in [0.25, 0.3) is 0 Å². The van der Waals surface area contributed by atoms with E-state index in [0.717, 1.165) is 5.56 Å². The predicted octanol–water partition coefficient (Wildman–Crippen LogP) is 3.22. The Morgan fingerprint density at radius 2 is 1.85 bits per heavy atom. The molecule has 0 unspecified atom stereocenters. The van der Waals surface area contributed by atoms with Crippen LogP contribution in [0, 0.1) is 0 Å². The summed E-state index contributed by atoms with van der Waals surface area (Å²) in [6.45, 7) is 3.72. The molecule has 0 fully saturated rings. The number of carbonyl (C=O) groups is 1. The van der Waals surface area contributed by atoms with Gasteiger partial charge in [-0.25, -0.2) is 9.59 Å². The van der Waals surface area contributed by atoms with E-state index in [1.165, 1.54) is 13.2 Å². The van der Waals surface area contributed by atoms with E-state index < -0.39 is 11.6 Å². The number of benzene rings is 1. The summed E-state index contributed by atoms with van der Waals surface area (Å²) in [4.78, 5) is 23.8. The molecule has 1 heterocycles. The topological polar surface area (TPSA) is 56.5 Å². The second kappa shape index (κ2) is 5.74. The maximum absolute atomic E-state index is 12.1. The molecule has 104 valence electrons. The van der Waals surface area contributed by atoms with Gasteiger partial charge in [0.05, 0.1) is 7.11 Å². The van der Waals surface area contributed by atoms with Crippen LogP contribution in [-0.4, -0.2) is 13.1 Å². The van der Waals surface area contributed by atoms with Crippen LogP contribution in [0.5, 0.6) is 0 Å². The van der Waals surface area contributed by atoms with Gasteiger partial charge in [0.15, 0.2) is 0 Å². The summed E-state index contributed by atoms with van der Waals surface area (Å²) >= 11 is 0. The quantitative estimate of drug-likeness (QED) is 0.805. The molecular weight excluding hydrogens is 256 g/mol. The average molecular weight is 272 g/mol.